The summed E-state index contributed by atoms with van der Waals surface area (Å²) in [7, 11) is 0. The Balaban J connectivity index is 1.80. The molecule has 0 aromatic heterocycles. The number of benzene rings is 2. The number of carbonyl (C=O) groups is 3. The van der Waals surface area contributed by atoms with Gasteiger partial charge in [-0.25, -0.2) is 9.18 Å². The van der Waals surface area contributed by atoms with Gasteiger partial charge >= 0.3 is 6.03 Å². The van der Waals surface area contributed by atoms with E-state index in [-0.39, 0.29) is 5.69 Å². The summed E-state index contributed by atoms with van der Waals surface area (Å²) in [5, 5.41) is 5.15. The number of nitrogens with one attached hydrogen (secondary N) is 2. The van der Waals surface area contributed by atoms with Crippen LogP contribution in [0.2, 0.25) is 0 Å². The first kappa shape index (κ1) is 20.0. The molecule has 1 aliphatic heterocycles. The fourth-order valence-corrected chi connectivity index (χ4v) is 3.63. The van der Waals surface area contributed by atoms with Crippen molar-refractivity contribution in [3.63, 3.8) is 0 Å². The maximum absolute atomic E-state index is 13.9. The van der Waals surface area contributed by atoms with Gasteiger partial charge in [0.1, 0.15) is 17.9 Å². The summed E-state index contributed by atoms with van der Waals surface area (Å²) in [5.41, 5.74) is -0.559. The lowest BCUT2D eigenvalue weighted by Gasteiger charge is -2.26. The molecule has 2 N–H and O–H groups in total. The molecular weight excluding hydrogens is 429 g/mol. The van der Waals surface area contributed by atoms with E-state index in [9.17, 15) is 18.8 Å². The lowest BCUT2D eigenvalue weighted by Crippen LogP contribution is -2.44. The minimum atomic E-state index is -1.20. The van der Waals surface area contributed by atoms with Crippen molar-refractivity contribution in [2.45, 2.75) is 25.3 Å². The molecule has 1 heterocycles. The van der Waals surface area contributed by atoms with Gasteiger partial charge in [0.25, 0.3) is 5.91 Å². The third-order valence-corrected chi connectivity index (χ3v) is 5.07. The van der Waals surface area contributed by atoms with Gasteiger partial charge in [-0.3, -0.25) is 14.5 Å². The van der Waals surface area contributed by atoms with Crippen molar-refractivity contribution in [1.29, 1.82) is 0 Å². The summed E-state index contributed by atoms with van der Waals surface area (Å²) in [5.74, 6) is -1.77. The van der Waals surface area contributed by atoms with E-state index in [1.165, 1.54) is 12.1 Å². The minimum Gasteiger partial charge on any atom is -0.322 e. The number of hydrogen-bond acceptors (Lipinski definition) is 3. The smallest absolute Gasteiger partial charge is 0.322 e. The van der Waals surface area contributed by atoms with Gasteiger partial charge in [0.2, 0.25) is 5.91 Å². The normalized spacial score (nSPS) is 18.9. The molecule has 2 aromatic rings. The Morgan fingerprint density at radius 2 is 1.93 bits per heavy atom. The standard InChI is InChI=1S/C20H19BrFN3O3/c1-2-10-20(13-6-4-3-5-7-13)18(27)25(19(28)24-20)12-17(26)23-16-9-8-14(21)11-15(16)22/h3-9,11H,2,10,12H2,1H3,(H,23,26)(H,24,28)/t20-/m1/s1. The van der Waals surface area contributed by atoms with E-state index >= 15 is 0 Å². The second kappa shape index (κ2) is 8.10. The summed E-state index contributed by atoms with van der Waals surface area (Å²) in [6.45, 7) is 1.41. The Hall–Kier alpha value is -2.74. The first-order chi connectivity index (χ1) is 13.4. The molecule has 1 atom stereocenters. The van der Waals surface area contributed by atoms with Crippen LogP contribution in [-0.4, -0.2) is 29.3 Å². The number of nitrogens with zero attached hydrogens (tertiary/aromatic N) is 1. The van der Waals surface area contributed by atoms with Gasteiger partial charge in [-0.15, -0.1) is 0 Å². The predicted octanol–water partition coefficient (Wildman–Crippen LogP) is 3.77. The maximum Gasteiger partial charge on any atom is 0.325 e. The van der Waals surface area contributed by atoms with E-state index in [4.69, 9.17) is 0 Å². The van der Waals surface area contributed by atoms with Crippen molar-refractivity contribution < 1.29 is 18.8 Å². The van der Waals surface area contributed by atoms with Crippen LogP contribution in [0.15, 0.2) is 53.0 Å². The molecule has 0 bridgehead atoms. The molecule has 3 rings (SSSR count). The molecular formula is C20H19BrFN3O3. The Labute approximate surface area is 170 Å². The highest BCUT2D eigenvalue weighted by Gasteiger charge is 2.52. The van der Waals surface area contributed by atoms with Crippen molar-refractivity contribution >= 4 is 39.5 Å². The number of amides is 4. The minimum absolute atomic E-state index is 0.0249. The third-order valence-electron chi connectivity index (χ3n) is 4.57. The Morgan fingerprint density at radius 1 is 1.21 bits per heavy atom. The van der Waals surface area contributed by atoms with Gasteiger partial charge in [-0.2, -0.15) is 0 Å². The zero-order valence-electron chi connectivity index (χ0n) is 15.2. The number of rotatable bonds is 6. The number of hydrogen-bond donors (Lipinski definition) is 2. The average Bonchev–Trinajstić information content (AvgIpc) is 2.90. The molecule has 1 aliphatic rings. The molecule has 0 radical (unpaired) electrons. The molecule has 0 spiro atoms. The van der Waals surface area contributed by atoms with E-state index in [1.807, 2.05) is 13.0 Å². The predicted molar refractivity (Wildman–Crippen MR) is 106 cm³/mol. The second-order valence-electron chi connectivity index (χ2n) is 6.52. The van der Waals surface area contributed by atoms with E-state index in [0.717, 1.165) is 4.90 Å². The van der Waals surface area contributed by atoms with Crippen molar-refractivity contribution in [2.24, 2.45) is 0 Å². The lowest BCUT2D eigenvalue weighted by molar-refractivity contribution is -0.134. The number of carbonyl (C=O) groups excluding carboxylic acids is 3. The van der Waals surface area contributed by atoms with E-state index in [2.05, 4.69) is 26.6 Å². The molecule has 1 saturated heterocycles. The fourth-order valence-electron chi connectivity index (χ4n) is 3.30. The van der Waals surface area contributed by atoms with Crippen molar-refractivity contribution in [2.75, 3.05) is 11.9 Å². The summed E-state index contributed by atoms with van der Waals surface area (Å²) >= 11 is 3.14. The van der Waals surface area contributed by atoms with Crippen LogP contribution in [0.25, 0.3) is 0 Å². The average molecular weight is 448 g/mol. The zero-order valence-corrected chi connectivity index (χ0v) is 16.8. The number of imide groups is 1. The van der Waals surface area contributed by atoms with Gasteiger partial charge in [0, 0.05) is 4.47 Å². The molecule has 6 nitrogen and oxygen atoms in total. The maximum atomic E-state index is 13.9. The van der Waals surface area contributed by atoms with Gasteiger partial charge in [-0.05, 0) is 30.2 Å². The highest BCUT2D eigenvalue weighted by molar-refractivity contribution is 9.10. The topological polar surface area (TPSA) is 78.5 Å². The number of halogens is 2. The van der Waals surface area contributed by atoms with Crippen molar-refractivity contribution in [3.8, 4) is 0 Å². The molecule has 8 heteroatoms. The first-order valence-corrected chi connectivity index (χ1v) is 9.61. The van der Waals surface area contributed by atoms with E-state index in [0.29, 0.717) is 22.9 Å². The van der Waals surface area contributed by atoms with Gasteiger partial charge < -0.3 is 10.6 Å². The first-order valence-electron chi connectivity index (χ1n) is 8.82. The summed E-state index contributed by atoms with van der Waals surface area (Å²) in [4.78, 5) is 38.8. The lowest BCUT2D eigenvalue weighted by atomic mass is 9.85. The van der Waals surface area contributed by atoms with Crippen LogP contribution < -0.4 is 10.6 Å². The van der Waals surface area contributed by atoms with Gasteiger partial charge in [0.05, 0.1) is 5.69 Å². The molecule has 146 valence electrons. The van der Waals surface area contributed by atoms with Crippen LogP contribution in [-0.2, 0) is 15.1 Å². The fraction of sp³-hybridized carbons (Fsp3) is 0.250. The molecule has 4 amide bonds. The zero-order chi connectivity index (χ0) is 20.3. The van der Waals surface area contributed by atoms with Crippen LogP contribution in [0.5, 0.6) is 0 Å². The number of anilines is 1. The Morgan fingerprint density at radius 3 is 2.57 bits per heavy atom. The van der Waals surface area contributed by atoms with Crippen LogP contribution in [0.3, 0.4) is 0 Å². The van der Waals surface area contributed by atoms with Crippen LogP contribution in [0.1, 0.15) is 25.3 Å². The number of urea groups is 1. The van der Waals surface area contributed by atoms with Crippen molar-refractivity contribution in [1.82, 2.24) is 10.2 Å². The third kappa shape index (κ3) is 3.77. The molecule has 28 heavy (non-hydrogen) atoms. The quantitative estimate of drug-likeness (QED) is 0.661. The summed E-state index contributed by atoms with van der Waals surface area (Å²) < 4.78 is 14.4. The van der Waals surface area contributed by atoms with E-state index < -0.39 is 35.7 Å². The monoisotopic (exact) mass is 447 g/mol. The van der Waals surface area contributed by atoms with Crippen LogP contribution in [0.4, 0.5) is 14.9 Å². The summed E-state index contributed by atoms with van der Waals surface area (Å²) in [6, 6.07) is 12.5. The SMILES string of the molecule is CCC[C@]1(c2ccccc2)NC(=O)N(CC(=O)Nc2ccc(Br)cc2F)C1=O. The van der Waals surface area contributed by atoms with Crippen molar-refractivity contribution in [3.05, 3.63) is 64.4 Å². The van der Waals surface area contributed by atoms with Crippen LogP contribution >= 0.6 is 15.9 Å². The van der Waals surface area contributed by atoms with Gasteiger partial charge in [-0.1, -0.05) is 59.6 Å². The molecule has 1 fully saturated rings. The van der Waals surface area contributed by atoms with E-state index in [1.54, 1.807) is 30.3 Å². The second-order valence-corrected chi connectivity index (χ2v) is 7.43. The molecule has 0 aliphatic carbocycles. The molecule has 0 saturated carbocycles. The van der Waals surface area contributed by atoms with Gasteiger partial charge in [0.15, 0.2) is 0 Å². The highest BCUT2D eigenvalue weighted by atomic mass is 79.9. The largest absolute Gasteiger partial charge is 0.325 e. The highest BCUT2D eigenvalue weighted by Crippen LogP contribution is 2.33. The Kier molecular flexibility index (Phi) is 5.79. The van der Waals surface area contributed by atoms with Crippen LogP contribution in [0, 0.1) is 5.82 Å². The molecule has 2 aromatic carbocycles. The molecule has 0 unspecified atom stereocenters. The Bertz CT molecular complexity index is 922. The summed E-state index contributed by atoms with van der Waals surface area (Å²) in [6.07, 6.45) is 1.06.